The molecule has 0 aromatic heterocycles. The Balaban J connectivity index is 2.38. The molecular formula is C16H26N4O3S. The lowest BCUT2D eigenvalue weighted by Crippen LogP contribution is -2.40. The first-order valence-electron chi connectivity index (χ1n) is 7.67. The van der Waals surface area contributed by atoms with Crippen molar-refractivity contribution in [2.45, 2.75) is 17.7 Å². The first-order chi connectivity index (χ1) is 11.2. The Bertz CT molecular complexity index is 667. The summed E-state index contributed by atoms with van der Waals surface area (Å²) in [6, 6.07) is 6.85. The molecule has 0 aliphatic rings. The van der Waals surface area contributed by atoms with Crippen molar-refractivity contribution in [3.05, 3.63) is 29.8 Å². The van der Waals surface area contributed by atoms with Crippen LogP contribution in [0.5, 0.6) is 0 Å². The highest BCUT2D eigenvalue weighted by molar-refractivity contribution is 7.90. The van der Waals surface area contributed by atoms with Gasteiger partial charge in [0.15, 0.2) is 15.8 Å². The van der Waals surface area contributed by atoms with E-state index in [2.05, 4.69) is 15.6 Å². The molecule has 1 aromatic carbocycles. The highest BCUT2D eigenvalue weighted by atomic mass is 32.2. The average Bonchev–Trinajstić information content (AvgIpc) is 2.52. The second kappa shape index (κ2) is 9.27. The van der Waals surface area contributed by atoms with E-state index in [0.29, 0.717) is 30.4 Å². The molecular weight excluding hydrogens is 328 g/mol. The maximum Gasteiger partial charge on any atom is 0.223 e. The molecule has 8 heteroatoms. The molecule has 0 saturated carbocycles. The lowest BCUT2D eigenvalue weighted by atomic mass is 10.1. The van der Waals surface area contributed by atoms with Gasteiger partial charge in [-0.1, -0.05) is 12.1 Å². The number of hydrogen-bond acceptors (Lipinski definition) is 4. The van der Waals surface area contributed by atoms with Crippen molar-refractivity contribution in [1.29, 1.82) is 0 Å². The summed E-state index contributed by atoms with van der Waals surface area (Å²) in [5.41, 5.74) is 1.04. The van der Waals surface area contributed by atoms with Crippen LogP contribution < -0.4 is 10.6 Å². The van der Waals surface area contributed by atoms with Gasteiger partial charge in [-0.15, -0.1) is 0 Å². The van der Waals surface area contributed by atoms with Crippen molar-refractivity contribution in [1.82, 2.24) is 15.5 Å². The van der Waals surface area contributed by atoms with Crippen LogP contribution in [-0.2, 0) is 21.1 Å². The topological polar surface area (TPSA) is 90.9 Å². The Morgan fingerprint density at radius 2 is 1.71 bits per heavy atom. The Labute approximate surface area is 144 Å². The van der Waals surface area contributed by atoms with E-state index in [9.17, 15) is 13.2 Å². The number of amides is 1. The summed E-state index contributed by atoms with van der Waals surface area (Å²) in [7, 11) is 1.97. The van der Waals surface area contributed by atoms with Gasteiger partial charge in [-0.3, -0.25) is 9.79 Å². The molecule has 0 atom stereocenters. The first-order valence-corrected chi connectivity index (χ1v) is 9.57. The molecule has 0 unspecified atom stereocenters. The van der Waals surface area contributed by atoms with E-state index in [1.165, 1.54) is 6.26 Å². The van der Waals surface area contributed by atoms with Crippen LogP contribution in [0.1, 0.15) is 12.0 Å². The van der Waals surface area contributed by atoms with E-state index >= 15 is 0 Å². The third kappa shape index (κ3) is 6.99. The summed E-state index contributed by atoms with van der Waals surface area (Å²) >= 11 is 0. The fourth-order valence-corrected chi connectivity index (χ4v) is 2.59. The largest absolute Gasteiger partial charge is 0.356 e. The molecule has 1 aromatic rings. The predicted octanol–water partition coefficient (Wildman–Crippen LogP) is 0.276. The van der Waals surface area contributed by atoms with Gasteiger partial charge in [0.05, 0.1) is 4.90 Å². The minimum atomic E-state index is -3.16. The summed E-state index contributed by atoms with van der Waals surface area (Å²) in [5, 5.41) is 6.24. The minimum Gasteiger partial charge on any atom is -0.356 e. The summed E-state index contributed by atoms with van der Waals surface area (Å²) in [5.74, 6) is 0.693. The molecule has 0 spiro atoms. The smallest absolute Gasteiger partial charge is 0.223 e. The molecule has 0 aliphatic carbocycles. The number of benzene rings is 1. The van der Waals surface area contributed by atoms with Gasteiger partial charge in [-0.25, -0.2) is 8.42 Å². The normalized spacial score (nSPS) is 11.9. The van der Waals surface area contributed by atoms with Crippen molar-refractivity contribution in [3.8, 4) is 0 Å². The van der Waals surface area contributed by atoms with Crippen LogP contribution >= 0.6 is 0 Å². The number of carbonyl (C=O) groups is 1. The summed E-state index contributed by atoms with van der Waals surface area (Å²) in [6.45, 7) is 1.17. The molecule has 134 valence electrons. The van der Waals surface area contributed by atoms with Gasteiger partial charge in [0.2, 0.25) is 5.91 Å². The lowest BCUT2D eigenvalue weighted by molar-refractivity contribution is -0.128. The number of nitrogens with zero attached hydrogens (tertiary/aromatic N) is 2. The maximum absolute atomic E-state index is 11.5. The second-order valence-corrected chi connectivity index (χ2v) is 7.65. The quantitative estimate of drug-likeness (QED) is 0.542. The predicted molar refractivity (Wildman–Crippen MR) is 95.9 cm³/mol. The van der Waals surface area contributed by atoms with E-state index in [1.54, 1.807) is 38.2 Å². The van der Waals surface area contributed by atoms with Crippen LogP contribution in [0, 0.1) is 0 Å². The Morgan fingerprint density at radius 3 is 2.21 bits per heavy atom. The molecule has 1 rings (SSSR count). The minimum absolute atomic E-state index is 0.0592. The Kier molecular flexibility index (Phi) is 7.70. The van der Waals surface area contributed by atoms with Crippen molar-refractivity contribution in [2.24, 2.45) is 4.99 Å². The lowest BCUT2D eigenvalue weighted by Gasteiger charge is -2.13. The number of sulfone groups is 1. The molecule has 0 fully saturated rings. The highest BCUT2D eigenvalue weighted by Crippen LogP contribution is 2.10. The van der Waals surface area contributed by atoms with Crippen LogP contribution in [0.3, 0.4) is 0 Å². The van der Waals surface area contributed by atoms with Gasteiger partial charge in [-0.05, 0) is 24.1 Å². The first kappa shape index (κ1) is 20.0. The number of nitrogens with one attached hydrogen (secondary N) is 2. The van der Waals surface area contributed by atoms with Crippen molar-refractivity contribution >= 4 is 21.7 Å². The summed E-state index contributed by atoms with van der Waals surface area (Å²) in [6.07, 6.45) is 2.34. The van der Waals surface area contributed by atoms with Crippen LogP contribution in [0.25, 0.3) is 0 Å². The molecule has 24 heavy (non-hydrogen) atoms. The zero-order valence-electron chi connectivity index (χ0n) is 14.7. The Hall–Kier alpha value is -2.09. The van der Waals surface area contributed by atoms with Gasteiger partial charge in [-0.2, -0.15) is 0 Å². The maximum atomic E-state index is 11.5. The fourth-order valence-electron chi connectivity index (χ4n) is 1.96. The molecule has 0 heterocycles. The molecule has 7 nitrogen and oxygen atoms in total. The standard InChI is InChI=1S/C16H26N4O3S/c1-17-16(19-12-10-15(21)20(2)3)18-11-9-13-5-7-14(8-6-13)24(4,22)23/h5-8H,9-12H2,1-4H3,(H2,17,18,19). The third-order valence-corrected chi connectivity index (χ3v) is 4.54. The molecule has 0 saturated heterocycles. The van der Waals surface area contributed by atoms with E-state index in [-0.39, 0.29) is 5.91 Å². The van der Waals surface area contributed by atoms with Gasteiger partial charge in [0.1, 0.15) is 0 Å². The number of rotatable bonds is 7. The molecule has 0 aliphatic heterocycles. The fraction of sp³-hybridized carbons (Fsp3) is 0.500. The van der Waals surface area contributed by atoms with Crippen LogP contribution in [0.15, 0.2) is 34.2 Å². The number of aliphatic imine (C=N–C) groups is 1. The number of hydrogen-bond donors (Lipinski definition) is 2. The van der Waals surface area contributed by atoms with Gasteiger partial charge >= 0.3 is 0 Å². The van der Waals surface area contributed by atoms with E-state index in [4.69, 9.17) is 0 Å². The van der Waals surface area contributed by atoms with Crippen molar-refractivity contribution in [2.75, 3.05) is 40.5 Å². The molecule has 0 bridgehead atoms. The number of carbonyl (C=O) groups excluding carboxylic acids is 1. The van der Waals surface area contributed by atoms with E-state index in [1.807, 2.05) is 12.1 Å². The van der Waals surface area contributed by atoms with E-state index < -0.39 is 9.84 Å². The number of guanidine groups is 1. The SMILES string of the molecule is CN=C(NCCC(=O)N(C)C)NCCc1ccc(S(C)(=O)=O)cc1. The zero-order chi connectivity index (χ0) is 18.2. The second-order valence-electron chi connectivity index (χ2n) is 5.63. The third-order valence-electron chi connectivity index (χ3n) is 3.41. The summed E-state index contributed by atoms with van der Waals surface area (Å²) < 4.78 is 22.8. The van der Waals surface area contributed by atoms with Crippen LogP contribution in [-0.4, -0.2) is 65.7 Å². The van der Waals surface area contributed by atoms with Gasteiger partial charge in [0.25, 0.3) is 0 Å². The monoisotopic (exact) mass is 354 g/mol. The molecule has 1 amide bonds. The average molecular weight is 354 g/mol. The summed E-state index contributed by atoms with van der Waals surface area (Å²) in [4.78, 5) is 17.5. The molecule has 2 N–H and O–H groups in total. The van der Waals surface area contributed by atoms with E-state index in [0.717, 1.165) is 12.0 Å². The molecule has 0 radical (unpaired) electrons. The van der Waals surface area contributed by atoms with Crippen molar-refractivity contribution < 1.29 is 13.2 Å². The van der Waals surface area contributed by atoms with Crippen LogP contribution in [0.2, 0.25) is 0 Å². The van der Waals surface area contributed by atoms with Gasteiger partial charge < -0.3 is 15.5 Å². The van der Waals surface area contributed by atoms with Crippen molar-refractivity contribution in [3.63, 3.8) is 0 Å². The zero-order valence-corrected chi connectivity index (χ0v) is 15.5. The highest BCUT2D eigenvalue weighted by Gasteiger charge is 2.06. The van der Waals surface area contributed by atoms with Crippen LogP contribution in [0.4, 0.5) is 0 Å². The Morgan fingerprint density at radius 1 is 1.12 bits per heavy atom. The van der Waals surface area contributed by atoms with Gasteiger partial charge in [0, 0.05) is 46.9 Å².